The largest absolute Gasteiger partial charge is 0.458 e. The second-order valence-corrected chi connectivity index (χ2v) is 13.4. The monoisotopic (exact) mass is 794 g/mol. The maximum atomic E-state index is 13.2. The van der Waals surface area contributed by atoms with Crippen LogP contribution in [0.3, 0.4) is 0 Å². The van der Waals surface area contributed by atoms with Gasteiger partial charge in [0.25, 0.3) is 5.91 Å². The normalized spacial score (nSPS) is 14.5. The van der Waals surface area contributed by atoms with Crippen LogP contribution in [0.15, 0.2) is 53.4 Å². The molecule has 292 valence electrons. The van der Waals surface area contributed by atoms with Gasteiger partial charge in [0.2, 0.25) is 11.9 Å². The fourth-order valence-corrected chi connectivity index (χ4v) is 5.78. The van der Waals surface area contributed by atoms with Crippen molar-refractivity contribution in [3.8, 4) is 0 Å². The fraction of sp³-hybridized carbons (Fsp3) is 0.371. The molecule has 1 aromatic carbocycles. The Balaban J connectivity index is 0.000000418. The maximum absolute atomic E-state index is 13.2. The van der Waals surface area contributed by atoms with Crippen molar-refractivity contribution in [3.05, 3.63) is 76.5 Å². The van der Waals surface area contributed by atoms with E-state index < -0.39 is 23.9 Å². The average molecular weight is 795 g/mol. The Kier molecular flexibility index (Phi) is 12.4. The molecule has 5 heterocycles. The Labute approximate surface area is 314 Å². The molecule has 3 N–H and O–H groups in total. The molecule has 20 heteroatoms. The number of carbonyl (C=O) groups is 4. The van der Waals surface area contributed by atoms with Crippen LogP contribution in [-0.4, -0.2) is 73.8 Å². The quantitative estimate of drug-likeness (QED) is 0.132. The number of aryl methyl sites for hydroxylation is 2. The minimum Gasteiger partial charge on any atom is -0.360 e. The van der Waals surface area contributed by atoms with E-state index in [9.17, 15) is 45.5 Å². The third-order valence-corrected chi connectivity index (χ3v) is 8.81. The molecule has 0 unspecified atom stereocenters. The number of ketones is 2. The van der Waals surface area contributed by atoms with Gasteiger partial charge >= 0.3 is 23.9 Å². The average Bonchev–Trinajstić information content (AvgIpc) is 3.63. The third-order valence-electron chi connectivity index (χ3n) is 8.53. The number of benzene rings is 1. The van der Waals surface area contributed by atoms with Gasteiger partial charge in [-0.25, -0.2) is 4.98 Å². The Hall–Kier alpha value is -5.59. The van der Waals surface area contributed by atoms with Crippen LogP contribution >= 0.6 is 11.6 Å². The molecule has 0 saturated carbocycles. The van der Waals surface area contributed by atoms with Crippen molar-refractivity contribution in [2.24, 2.45) is 5.92 Å². The molecule has 1 fully saturated rings. The fourth-order valence-electron chi connectivity index (χ4n) is 5.64. The van der Waals surface area contributed by atoms with Crippen molar-refractivity contribution in [2.75, 3.05) is 29.0 Å². The molecule has 2 aliphatic heterocycles. The number of halogens is 7. The number of rotatable bonds is 6. The van der Waals surface area contributed by atoms with Crippen molar-refractivity contribution in [1.82, 2.24) is 25.0 Å². The number of likely N-dealkylation sites (tertiary alicyclic amines) is 1. The van der Waals surface area contributed by atoms with Crippen LogP contribution in [0.25, 0.3) is 0 Å². The first-order valence-electron chi connectivity index (χ1n) is 16.8. The number of nitrogens with zero attached hydrogens (tertiary/aromatic N) is 5. The number of hydrogen-bond acceptors (Lipinski definition) is 11. The number of pyridine rings is 1. The van der Waals surface area contributed by atoms with E-state index in [1.165, 1.54) is 0 Å². The summed E-state index contributed by atoms with van der Waals surface area (Å²) in [6, 6.07) is 9.55. The van der Waals surface area contributed by atoms with Gasteiger partial charge in [0.1, 0.15) is 10.8 Å². The molecular formula is C35H33ClF6N8O5. The smallest absolute Gasteiger partial charge is 0.360 e. The summed E-state index contributed by atoms with van der Waals surface area (Å²) in [5.74, 6) is -5.04. The van der Waals surface area contributed by atoms with E-state index in [2.05, 4.69) is 36.1 Å². The standard InChI is InChI=1S/C31H33ClN8O3.C4F6O2/c1-18(2)27-14-26(39-43-27)30(42)40-9-7-19(8-10-40)12-28(41)37-25-6-5-22-13-21(25)4-3-20-11-23(16-33-15-20)36-31-34-17-24(32)29(35-22)38-31;5-3(6,7)1(11)2(12)4(8,9)10/h5-6,11,13-19H,3-4,7-10,12H2,1-2H3,(H,37,41)(H2,34,35,36,38);. The van der Waals surface area contributed by atoms with Gasteiger partial charge < -0.3 is 25.4 Å². The lowest BCUT2D eigenvalue weighted by molar-refractivity contribution is -0.193. The van der Waals surface area contributed by atoms with Crippen molar-refractivity contribution >= 4 is 63.8 Å². The van der Waals surface area contributed by atoms with E-state index in [4.69, 9.17) is 16.1 Å². The minimum absolute atomic E-state index is 0.0425. The molecule has 2 amide bonds. The zero-order chi connectivity index (χ0) is 40.1. The number of amides is 2. The van der Waals surface area contributed by atoms with Gasteiger partial charge in [-0.1, -0.05) is 30.6 Å². The molecule has 6 bridgehead atoms. The Morgan fingerprint density at radius 1 is 0.927 bits per heavy atom. The first-order chi connectivity index (χ1) is 25.9. The SMILES string of the molecule is CC(C)c1cc(C(=O)N2CCC(CC(=O)Nc3ccc4cc3CCc3cncc(c3)Nc3ncc(Cl)c(n3)N4)CC2)no1.O=C(C(=O)C(F)(F)F)C(F)(F)F. The van der Waals surface area contributed by atoms with E-state index in [-0.39, 0.29) is 23.7 Å². The van der Waals surface area contributed by atoms with Gasteiger partial charge in [-0.2, -0.15) is 31.3 Å². The maximum Gasteiger partial charge on any atom is 0.458 e. The van der Waals surface area contributed by atoms with Crippen LogP contribution in [0.2, 0.25) is 5.02 Å². The molecule has 0 radical (unpaired) electrons. The first kappa shape index (κ1) is 40.6. The second kappa shape index (κ2) is 16.8. The molecule has 0 aliphatic carbocycles. The lowest BCUT2D eigenvalue weighted by Crippen LogP contribution is -2.39. The number of anilines is 5. The van der Waals surface area contributed by atoms with Crippen LogP contribution < -0.4 is 16.0 Å². The van der Waals surface area contributed by atoms with E-state index in [1.807, 2.05) is 44.3 Å². The summed E-state index contributed by atoms with van der Waals surface area (Å²) in [6.45, 7) is 5.16. The molecular weight excluding hydrogens is 762 g/mol. The zero-order valence-corrected chi connectivity index (χ0v) is 29.9. The van der Waals surface area contributed by atoms with Crippen LogP contribution in [0.1, 0.15) is 66.4 Å². The van der Waals surface area contributed by atoms with Crippen molar-refractivity contribution in [3.63, 3.8) is 0 Å². The summed E-state index contributed by atoms with van der Waals surface area (Å²) in [4.78, 5) is 60.3. The summed E-state index contributed by atoms with van der Waals surface area (Å²) < 4.78 is 72.3. The van der Waals surface area contributed by atoms with Crippen LogP contribution in [0.5, 0.6) is 0 Å². The van der Waals surface area contributed by atoms with Gasteiger partial charge in [0.15, 0.2) is 11.5 Å². The highest BCUT2D eigenvalue weighted by Crippen LogP contribution is 2.31. The van der Waals surface area contributed by atoms with Crippen LogP contribution in [-0.2, 0) is 27.2 Å². The molecule has 13 nitrogen and oxygen atoms in total. The summed E-state index contributed by atoms with van der Waals surface area (Å²) in [7, 11) is 0. The molecule has 0 spiro atoms. The second-order valence-electron chi connectivity index (χ2n) is 13.0. The molecule has 3 aromatic heterocycles. The van der Waals surface area contributed by atoms with Crippen molar-refractivity contribution in [1.29, 1.82) is 0 Å². The van der Waals surface area contributed by atoms with Crippen molar-refractivity contribution in [2.45, 2.75) is 64.2 Å². The van der Waals surface area contributed by atoms with E-state index in [0.717, 1.165) is 47.5 Å². The molecule has 4 aromatic rings. The third kappa shape index (κ3) is 10.8. The highest BCUT2D eigenvalue weighted by Gasteiger charge is 2.54. The predicted octanol–water partition coefficient (Wildman–Crippen LogP) is 7.35. The van der Waals surface area contributed by atoms with Gasteiger partial charge in [-0.05, 0) is 67.0 Å². The van der Waals surface area contributed by atoms with E-state index in [1.54, 1.807) is 23.4 Å². The first-order valence-corrected chi connectivity index (χ1v) is 17.2. The Morgan fingerprint density at radius 2 is 1.62 bits per heavy atom. The predicted molar refractivity (Wildman–Crippen MR) is 186 cm³/mol. The summed E-state index contributed by atoms with van der Waals surface area (Å²) in [5.41, 5.74) is 4.71. The van der Waals surface area contributed by atoms with Gasteiger partial charge in [0, 0.05) is 49.1 Å². The molecule has 1 saturated heterocycles. The number of fused-ring (bicyclic) bond motifs is 6. The van der Waals surface area contributed by atoms with Gasteiger partial charge in [-0.3, -0.25) is 24.2 Å². The number of carbonyl (C=O) groups excluding carboxylic acids is 4. The molecule has 0 atom stereocenters. The Bertz CT molecular complexity index is 2040. The molecule has 55 heavy (non-hydrogen) atoms. The number of Topliss-reactive ketones (excluding diaryl/α,β-unsaturated/α-hetero) is 2. The minimum atomic E-state index is -5.77. The van der Waals surface area contributed by atoms with Gasteiger partial charge in [0.05, 0.1) is 18.1 Å². The van der Waals surface area contributed by atoms with Crippen molar-refractivity contribution < 1.29 is 50.0 Å². The topological polar surface area (TPSA) is 172 Å². The lowest BCUT2D eigenvalue weighted by Gasteiger charge is -2.31. The lowest BCUT2D eigenvalue weighted by atomic mass is 9.93. The van der Waals surface area contributed by atoms with Gasteiger partial charge in [-0.15, -0.1) is 0 Å². The summed E-state index contributed by atoms with van der Waals surface area (Å²) in [5, 5.41) is 14.0. The number of hydrogen-bond donors (Lipinski definition) is 3. The number of nitrogens with one attached hydrogen (secondary N) is 3. The number of alkyl halides is 6. The van der Waals surface area contributed by atoms with E-state index >= 15 is 0 Å². The summed E-state index contributed by atoms with van der Waals surface area (Å²) in [6.07, 6.45) is -3.13. The highest BCUT2D eigenvalue weighted by atomic mass is 35.5. The zero-order valence-electron chi connectivity index (χ0n) is 29.1. The van der Waals surface area contributed by atoms with E-state index in [0.29, 0.717) is 54.2 Å². The molecule has 2 aliphatic rings. The number of aromatic nitrogens is 4. The highest BCUT2D eigenvalue weighted by molar-refractivity contribution is 6.41. The summed E-state index contributed by atoms with van der Waals surface area (Å²) >= 11 is 6.38. The van der Waals surface area contributed by atoms with Crippen LogP contribution in [0.4, 0.5) is 55.2 Å². The molecule has 6 rings (SSSR count). The van der Waals surface area contributed by atoms with Crippen LogP contribution in [0, 0.1) is 5.92 Å². The Morgan fingerprint density at radius 3 is 2.25 bits per heavy atom. The number of piperidine rings is 1.